The molecule has 0 spiro atoms. The van der Waals surface area contributed by atoms with E-state index in [1.165, 1.54) is 39.0 Å². The van der Waals surface area contributed by atoms with Crippen molar-refractivity contribution in [3.8, 4) is 0 Å². The highest BCUT2D eigenvalue weighted by Crippen LogP contribution is 2.13. The van der Waals surface area contributed by atoms with Crippen LogP contribution in [0.15, 0.2) is 0 Å². The van der Waals surface area contributed by atoms with Gasteiger partial charge < -0.3 is 14.5 Å². The van der Waals surface area contributed by atoms with Crippen LogP contribution in [0.4, 0.5) is 0 Å². The molecule has 0 amide bonds. The molecule has 1 aliphatic rings. The maximum Gasteiger partial charge on any atom is 0.209 e. The summed E-state index contributed by atoms with van der Waals surface area (Å²) < 4.78 is 7.10. The second kappa shape index (κ2) is 8.41. The lowest BCUT2D eigenvalue weighted by Crippen LogP contribution is -3.27. The Balaban J connectivity index is 2.09. The Hall–Kier alpha value is -1.05. The van der Waals surface area contributed by atoms with Gasteiger partial charge in [-0.3, -0.25) is 0 Å². The van der Waals surface area contributed by atoms with Crippen molar-refractivity contribution in [2.75, 3.05) is 46.9 Å². The summed E-state index contributed by atoms with van der Waals surface area (Å²) in [6, 6.07) is 0.421. The van der Waals surface area contributed by atoms with Crippen LogP contribution < -0.4 is 9.80 Å². The third-order valence-corrected chi connectivity index (χ3v) is 4.46. The molecule has 2 N–H and O–H groups in total. The third kappa shape index (κ3) is 4.46. The van der Waals surface area contributed by atoms with Crippen molar-refractivity contribution in [1.29, 1.82) is 0 Å². The Labute approximate surface area is 127 Å². The second-order valence-corrected chi connectivity index (χ2v) is 6.06. The topological polar surface area (TPSA) is 61.7 Å². The van der Waals surface area contributed by atoms with Gasteiger partial charge in [0.05, 0.1) is 20.2 Å². The highest BCUT2D eigenvalue weighted by Gasteiger charge is 2.32. The first-order chi connectivity index (χ1) is 10.3. The standard InChI is InChI=1S/C14H28N6O/c1-4-5-6-13(19-9-7-18(2)8-10-19)14-15-16-17-20(14)11-12-21-3/h13H,4-12H2,1-3H3/p+2/t13-/m1/s1. The van der Waals surface area contributed by atoms with E-state index >= 15 is 0 Å². The molecule has 0 radical (unpaired) electrons. The Morgan fingerprint density at radius 3 is 2.71 bits per heavy atom. The molecule has 1 aliphatic heterocycles. The molecule has 0 aromatic carbocycles. The minimum absolute atomic E-state index is 0.421. The van der Waals surface area contributed by atoms with Crippen molar-refractivity contribution >= 4 is 0 Å². The molecule has 0 saturated carbocycles. The monoisotopic (exact) mass is 298 g/mol. The predicted molar refractivity (Wildman–Crippen MR) is 79.3 cm³/mol. The van der Waals surface area contributed by atoms with Crippen molar-refractivity contribution in [3.63, 3.8) is 0 Å². The Morgan fingerprint density at radius 1 is 1.29 bits per heavy atom. The van der Waals surface area contributed by atoms with Gasteiger partial charge in [0.15, 0.2) is 0 Å². The minimum atomic E-state index is 0.421. The summed E-state index contributed by atoms with van der Waals surface area (Å²) in [6.07, 6.45) is 3.61. The number of tetrazole rings is 1. The maximum absolute atomic E-state index is 5.16. The number of methoxy groups -OCH3 is 1. The van der Waals surface area contributed by atoms with Crippen molar-refractivity contribution in [2.24, 2.45) is 0 Å². The summed E-state index contributed by atoms with van der Waals surface area (Å²) in [7, 11) is 3.99. The van der Waals surface area contributed by atoms with E-state index in [-0.39, 0.29) is 0 Å². The SMILES string of the molecule is CCCC[C@H](c1nnnn1CCOC)[NH+]1CC[NH+](C)CC1. The smallest absolute Gasteiger partial charge is 0.209 e. The molecule has 0 bridgehead atoms. The number of ether oxygens (including phenoxy) is 1. The molecule has 0 unspecified atom stereocenters. The molecule has 2 rings (SSSR count). The van der Waals surface area contributed by atoms with Gasteiger partial charge in [-0.05, 0) is 16.8 Å². The first-order valence-corrected chi connectivity index (χ1v) is 8.17. The molecule has 120 valence electrons. The van der Waals surface area contributed by atoms with Crippen LogP contribution in [-0.2, 0) is 11.3 Å². The fourth-order valence-electron chi connectivity index (χ4n) is 3.07. The second-order valence-electron chi connectivity index (χ2n) is 6.06. The van der Waals surface area contributed by atoms with E-state index in [1.807, 2.05) is 4.68 Å². The lowest BCUT2D eigenvalue weighted by atomic mass is 10.1. The van der Waals surface area contributed by atoms with Gasteiger partial charge in [0, 0.05) is 13.5 Å². The number of nitrogens with zero attached hydrogens (tertiary/aromatic N) is 4. The zero-order valence-corrected chi connectivity index (χ0v) is 13.6. The normalized spacial score (nSPS) is 24.1. The van der Waals surface area contributed by atoms with Gasteiger partial charge in [-0.15, -0.1) is 5.10 Å². The number of unbranched alkanes of at least 4 members (excludes halogenated alkanes) is 1. The number of hydrogen-bond donors (Lipinski definition) is 2. The molecule has 7 nitrogen and oxygen atoms in total. The van der Waals surface area contributed by atoms with Crippen LogP contribution in [0.2, 0.25) is 0 Å². The average Bonchev–Trinajstić information content (AvgIpc) is 2.95. The average molecular weight is 298 g/mol. The van der Waals surface area contributed by atoms with E-state index in [1.54, 1.807) is 16.9 Å². The highest BCUT2D eigenvalue weighted by atomic mass is 16.5. The zero-order chi connectivity index (χ0) is 15.1. The molecule has 1 fully saturated rings. The van der Waals surface area contributed by atoms with Crippen molar-refractivity contribution < 1.29 is 14.5 Å². The molecular weight excluding hydrogens is 268 g/mol. The van der Waals surface area contributed by atoms with Gasteiger partial charge in [-0.25, -0.2) is 4.68 Å². The van der Waals surface area contributed by atoms with Crippen LogP contribution in [0.3, 0.4) is 0 Å². The summed E-state index contributed by atoms with van der Waals surface area (Å²) >= 11 is 0. The van der Waals surface area contributed by atoms with Crippen molar-refractivity contribution in [3.05, 3.63) is 5.82 Å². The fraction of sp³-hybridized carbons (Fsp3) is 0.929. The summed E-state index contributed by atoms with van der Waals surface area (Å²) in [6.45, 7) is 8.51. The van der Waals surface area contributed by atoms with E-state index < -0.39 is 0 Å². The number of hydrogen-bond acceptors (Lipinski definition) is 4. The van der Waals surface area contributed by atoms with Gasteiger partial charge in [0.1, 0.15) is 32.2 Å². The molecule has 21 heavy (non-hydrogen) atoms. The first kappa shape index (κ1) is 16.3. The van der Waals surface area contributed by atoms with Gasteiger partial charge >= 0.3 is 0 Å². The minimum Gasteiger partial charge on any atom is -0.383 e. The summed E-state index contributed by atoms with van der Waals surface area (Å²) in [5.41, 5.74) is 0. The summed E-state index contributed by atoms with van der Waals surface area (Å²) in [5, 5.41) is 12.4. The Morgan fingerprint density at radius 2 is 2.05 bits per heavy atom. The van der Waals surface area contributed by atoms with Crippen LogP contribution in [0.5, 0.6) is 0 Å². The highest BCUT2D eigenvalue weighted by molar-refractivity contribution is 4.87. The number of nitrogens with one attached hydrogen (secondary N) is 2. The predicted octanol–water partition coefficient (Wildman–Crippen LogP) is -2.04. The number of quaternary nitrogens is 2. The number of rotatable bonds is 8. The van der Waals surface area contributed by atoms with Crippen molar-refractivity contribution in [2.45, 2.75) is 38.8 Å². The van der Waals surface area contributed by atoms with E-state index in [4.69, 9.17) is 4.74 Å². The molecule has 1 aromatic rings. The van der Waals surface area contributed by atoms with Gasteiger partial charge in [-0.1, -0.05) is 13.3 Å². The molecular formula is C14H30N6O+2. The zero-order valence-electron chi connectivity index (χ0n) is 13.6. The van der Waals surface area contributed by atoms with Gasteiger partial charge in [-0.2, -0.15) is 0 Å². The third-order valence-electron chi connectivity index (χ3n) is 4.46. The molecule has 1 saturated heterocycles. The van der Waals surface area contributed by atoms with Crippen LogP contribution >= 0.6 is 0 Å². The number of piperazine rings is 1. The van der Waals surface area contributed by atoms with Crippen LogP contribution in [0.25, 0.3) is 0 Å². The molecule has 2 heterocycles. The van der Waals surface area contributed by atoms with Gasteiger partial charge in [0.25, 0.3) is 0 Å². The van der Waals surface area contributed by atoms with Crippen molar-refractivity contribution in [1.82, 2.24) is 20.2 Å². The van der Waals surface area contributed by atoms with E-state index in [2.05, 4.69) is 29.5 Å². The lowest BCUT2D eigenvalue weighted by molar-refractivity contribution is -1.02. The van der Waals surface area contributed by atoms with Gasteiger partial charge in [0.2, 0.25) is 5.82 Å². The fourth-order valence-corrected chi connectivity index (χ4v) is 3.07. The quantitative estimate of drug-likeness (QED) is 0.581. The molecule has 0 aliphatic carbocycles. The number of aromatic nitrogens is 4. The van der Waals surface area contributed by atoms with Crippen LogP contribution in [0, 0.1) is 0 Å². The maximum atomic E-state index is 5.16. The number of likely N-dealkylation sites (N-methyl/N-ethyl adjacent to an activating group) is 1. The first-order valence-electron chi connectivity index (χ1n) is 8.17. The Kier molecular flexibility index (Phi) is 6.53. The van der Waals surface area contributed by atoms with Crippen LogP contribution in [-0.4, -0.2) is 67.2 Å². The van der Waals surface area contributed by atoms with E-state index in [9.17, 15) is 0 Å². The summed E-state index contributed by atoms with van der Waals surface area (Å²) in [5.74, 6) is 1.04. The molecule has 1 atom stereocenters. The molecule has 1 aromatic heterocycles. The van der Waals surface area contributed by atoms with Crippen LogP contribution in [0.1, 0.15) is 38.1 Å². The Bertz CT molecular complexity index is 402. The van der Waals surface area contributed by atoms with E-state index in [0.29, 0.717) is 12.6 Å². The largest absolute Gasteiger partial charge is 0.383 e. The lowest BCUT2D eigenvalue weighted by Gasteiger charge is -2.32. The molecule has 7 heteroatoms. The summed E-state index contributed by atoms with van der Waals surface area (Å²) in [4.78, 5) is 3.27. The van der Waals surface area contributed by atoms with E-state index in [0.717, 1.165) is 18.8 Å².